The molecule has 1 aliphatic rings. The Morgan fingerprint density at radius 2 is 1.86 bits per heavy atom. The van der Waals surface area contributed by atoms with Crippen molar-refractivity contribution in [1.82, 2.24) is 10.3 Å². The summed E-state index contributed by atoms with van der Waals surface area (Å²) < 4.78 is 0.774. The first-order chi connectivity index (χ1) is 13.3. The van der Waals surface area contributed by atoms with Crippen LogP contribution < -0.4 is 5.32 Å². The predicted molar refractivity (Wildman–Crippen MR) is 110 cm³/mol. The lowest BCUT2D eigenvalue weighted by Crippen LogP contribution is -2.28. The van der Waals surface area contributed by atoms with Crippen molar-refractivity contribution in [3.05, 3.63) is 62.9 Å². The third-order valence-electron chi connectivity index (χ3n) is 5.22. The molecular formula is C22H23BrN2O3. The summed E-state index contributed by atoms with van der Waals surface area (Å²) in [5.41, 5.74) is 4.26. The van der Waals surface area contributed by atoms with Gasteiger partial charge >= 0.3 is 0 Å². The normalized spacial score (nSPS) is 19.1. The molecule has 1 amide bonds. The summed E-state index contributed by atoms with van der Waals surface area (Å²) in [6.07, 6.45) is 2.24. The lowest BCUT2D eigenvalue weighted by molar-refractivity contribution is -0.124. The number of benzene rings is 1. The zero-order valence-electron chi connectivity index (χ0n) is 16.2. The van der Waals surface area contributed by atoms with Gasteiger partial charge in [0.25, 0.3) is 5.91 Å². The Morgan fingerprint density at radius 1 is 1.18 bits per heavy atom. The van der Waals surface area contributed by atoms with Gasteiger partial charge in [0.05, 0.1) is 0 Å². The van der Waals surface area contributed by atoms with Crippen LogP contribution in [0.25, 0.3) is 0 Å². The number of Topliss-reactive ketones (excluding diaryl/α,β-unsaturated/α-hetero) is 2. The smallest absolute Gasteiger partial charge is 0.269 e. The summed E-state index contributed by atoms with van der Waals surface area (Å²) in [5.74, 6) is -1.37. The van der Waals surface area contributed by atoms with Crippen LogP contribution in [0.3, 0.4) is 0 Å². The average Bonchev–Trinajstić information content (AvgIpc) is 2.89. The zero-order chi connectivity index (χ0) is 20.4. The number of hydrogen-bond donors (Lipinski definition) is 1. The minimum absolute atomic E-state index is 0.0231. The van der Waals surface area contributed by atoms with Crippen LogP contribution in [0.2, 0.25) is 0 Å². The molecule has 1 aromatic carbocycles. The van der Waals surface area contributed by atoms with E-state index in [0.29, 0.717) is 18.7 Å². The maximum atomic E-state index is 12.9. The number of carbonyl (C=O) groups is 3. The van der Waals surface area contributed by atoms with E-state index in [2.05, 4.69) is 26.2 Å². The Hall–Kier alpha value is -2.34. The van der Waals surface area contributed by atoms with Crippen molar-refractivity contribution in [1.29, 1.82) is 0 Å². The first-order valence-electron chi connectivity index (χ1n) is 9.32. The summed E-state index contributed by atoms with van der Waals surface area (Å²) in [6, 6.07) is 7.41. The highest BCUT2D eigenvalue weighted by molar-refractivity contribution is 9.10. The van der Waals surface area contributed by atoms with Crippen LogP contribution in [0.15, 0.2) is 34.9 Å². The fraction of sp³-hybridized carbons (Fsp3) is 0.364. The molecule has 1 fully saturated rings. The van der Waals surface area contributed by atoms with Crippen LogP contribution >= 0.6 is 15.9 Å². The molecule has 0 spiro atoms. The fourth-order valence-electron chi connectivity index (χ4n) is 4.03. The summed E-state index contributed by atoms with van der Waals surface area (Å²) in [4.78, 5) is 41.8. The number of hydrogen-bond acceptors (Lipinski definition) is 4. The van der Waals surface area contributed by atoms with E-state index in [-0.39, 0.29) is 29.8 Å². The molecule has 146 valence electrons. The van der Waals surface area contributed by atoms with Gasteiger partial charge in [-0.25, -0.2) is 0 Å². The molecular weight excluding hydrogens is 420 g/mol. The van der Waals surface area contributed by atoms with Crippen molar-refractivity contribution in [2.45, 2.75) is 39.5 Å². The molecule has 0 saturated heterocycles. The van der Waals surface area contributed by atoms with Crippen LogP contribution in [0.4, 0.5) is 0 Å². The molecule has 1 N–H and O–H groups in total. The lowest BCUT2D eigenvalue weighted by Gasteiger charge is -2.16. The van der Waals surface area contributed by atoms with Crippen molar-refractivity contribution >= 4 is 33.4 Å². The standard InChI is InChI=1S/C22H23BrN2O3/c1-12-8-13(2)19(14(3)9-12)20-18(26)10-15(21(20)27)4-6-25-22(28)17-11-16(23)5-7-24-17/h5,7-9,11,15,20H,4,6,10H2,1-3H3,(H,25,28). The SMILES string of the molecule is Cc1cc(C)c(C2C(=O)CC(CCNC(=O)c3cc(Br)ccn3)C2=O)c(C)c1. The number of halogens is 1. The maximum Gasteiger partial charge on any atom is 0.269 e. The van der Waals surface area contributed by atoms with E-state index >= 15 is 0 Å². The van der Waals surface area contributed by atoms with Gasteiger partial charge < -0.3 is 5.32 Å². The maximum absolute atomic E-state index is 12.9. The average molecular weight is 443 g/mol. The first kappa shape index (κ1) is 20.4. The highest BCUT2D eigenvalue weighted by Crippen LogP contribution is 2.37. The molecule has 0 radical (unpaired) electrons. The van der Waals surface area contributed by atoms with E-state index in [9.17, 15) is 14.4 Å². The highest BCUT2D eigenvalue weighted by atomic mass is 79.9. The van der Waals surface area contributed by atoms with Crippen LogP contribution in [-0.2, 0) is 9.59 Å². The summed E-state index contributed by atoms with van der Waals surface area (Å²) in [7, 11) is 0. The van der Waals surface area contributed by atoms with Crippen molar-refractivity contribution in [2.75, 3.05) is 6.54 Å². The minimum atomic E-state index is -0.673. The second-order valence-electron chi connectivity index (χ2n) is 7.42. The van der Waals surface area contributed by atoms with Gasteiger partial charge in [-0.05, 0) is 56.0 Å². The Kier molecular flexibility index (Phi) is 6.08. The van der Waals surface area contributed by atoms with Crippen molar-refractivity contribution in [3.8, 4) is 0 Å². The summed E-state index contributed by atoms with van der Waals surface area (Å²) >= 11 is 3.31. The number of amides is 1. The number of aryl methyl sites for hydroxylation is 3. The molecule has 1 saturated carbocycles. The summed E-state index contributed by atoms with van der Waals surface area (Å²) in [5, 5.41) is 2.79. The second kappa shape index (κ2) is 8.35. The number of ketones is 2. The molecule has 2 unspecified atom stereocenters. The van der Waals surface area contributed by atoms with Crippen molar-refractivity contribution < 1.29 is 14.4 Å². The zero-order valence-corrected chi connectivity index (χ0v) is 17.8. The van der Waals surface area contributed by atoms with Crippen LogP contribution in [0, 0.1) is 26.7 Å². The molecule has 5 nitrogen and oxygen atoms in total. The van der Waals surface area contributed by atoms with Gasteiger partial charge in [0.2, 0.25) is 0 Å². The van der Waals surface area contributed by atoms with Crippen molar-refractivity contribution in [2.24, 2.45) is 5.92 Å². The van der Waals surface area contributed by atoms with Crippen LogP contribution in [0.1, 0.15) is 51.5 Å². The number of aromatic nitrogens is 1. The second-order valence-corrected chi connectivity index (χ2v) is 8.33. The molecule has 1 heterocycles. The van der Waals surface area contributed by atoms with Gasteiger partial charge in [0.15, 0.2) is 5.78 Å². The molecule has 0 bridgehead atoms. The van der Waals surface area contributed by atoms with E-state index in [1.54, 1.807) is 18.3 Å². The summed E-state index contributed by atoms with van der Waals surface area (Å²) in [6.45, 7) is 6.24. The highest BCUT2D eigenvalue weighted by Gasteiger charge is 2.42. The van der Waals surface area contributed by atoms with Gasteiger partial charge in [0.1, 0.15) is 17.4 Å². The Labute approximate surface area is 173 Å². The van der Waals surface area contributed by atoms with Gasteiger partial charge in [-0.2, -0.15) is 0 Å². The minimum Gasteiger partial charge on any atom is -0.351 e. The Balaban J connectivity index is 1.65. The molecule has 6 heteroatoms. The van der Waals surface area contributed by atoms with E-state index in [1.165, 1.54) is 0 Å². The van der Waals surface area contributed by atoms with Gasteiger partial charge in [-0.1, -0.05) is 33.6 Å². The first-order valence-corrected chi connectivity index (χ1v) is 10.1. The largest absolute Gasteiger partial charge is 0.351 e. The van der Waals surface area contributed by atoms with E-state index in [1.807, 2.05) is 32.9 Å². The molecule has 0 aliphatic heterocycles. The molecule has 3 rings (SSSR count). The predicted octanol–water partition coefficient (Wildman–Crippen LogP) is 3.83. The number of pyridine rings is 1. The fourth-order valence-corrected chi connectivity index (χ4v) is 4.36. The lowest BCUT2D eigenvalue weighted by atomic mass is 9.86. The number of nitrogens with zero attached hydrogens (tertiary/aromatic N) is 1. The topological polar surface area (TPSA) is 76.1 Å². The van der Waals surface area contributed by atoms with Crippen LogP contribution in [-0.4, -0.2) is 29.0 Å². The third-order valence-corrected chi connectivity index (χ3v) is 5.71. The van der Waals surface area contributed by atoms with Gasteiger partial charge in [-0.3, -0.25) is 19.4 Å². The molecule has 1 aliphatic carbocycles. The van der Waals surface area contributed by atoms with E-state index in [4.69, 9.17) is 0 Å². The number of carbonyl (C=O) groups excluding carboxylic acids is 3. The van der Waals surface area contributed by atoms with Gasteiger partial charge in [-0.15, -0.1) is 0 Å². The number of nitrogens with one attached hydrogen (secondary N) is 1. The monoisotopic (exact) mass is 442 g/mol. The third kappa shape index (κ3) is 4.22. The van der Waals surface area contributed by atoms with E-state index < -0.39 is 5.92 Å². The van der Waals surface area contributed by atoms with Crippen LogP contribution in [0.5, 0.6) is 0 Å². The number of rotatable bonds is 5. The van der Waals surface area contributed by atoms with E-state index in [0.717, 1.165) is 26.7 Å². The Bertz CT molecular complexity index is 932. The quantitative estimate of drug-likeness (QED) is 0.713. The molecule has 28 heavy (non-hydrogen) atoms. The van der Waals surface area contributed by atoms with Crippen molar-refractivity contribution in [3.63, 3.8) is 0 Å². The molecule has 1 aromatic heterocycles. The van der Waals surface area contributed by atoms with Gasteiger partial charge in [0, 0.05) is 29.6 Å². The molecule has 2 atom stereocenters. The Morgan fingerprint density at radius 3 is 2.50 bits per heavy atom. The molecule has 2 aromatic rings.